The van der Waals surface area contributed by atoms with Crippen molar-refractivity contribution in [2.45, 2.75) is 70.5 Å². The molecule has 0 amide bonds. The average molecular weight is 399 g/mol. The SMILES string of the molecule is CCCCOC(=O)C1(C)CC(c2ccc(N)c(Br)n2)CC(C)(C)O1. The fourth-order valence-electron chi connectivity index (χ4n) is 3.31. The molecule has 0 bridgehead atoms. The Morgan fingerprint density at radius 1 is 1.42 bits per heavy atom. The molecule has 2 unspecified atom stereocenters. The topological polar surface area (TPSA) is 74.4 Å². The van der Waals surface area contributed by atoms with E-state index in [9.17, 15) is 4.79 Å². The van der Waals surface area contributed by atoms with Gasteiger partial charge >= 0.3 is 5.97 Å². The summed E-state index contributed by atoms with van der Waals surface area (Å²) in [6, 6.07) is 3.76. The van der Waals surface area contributed by atoms with Gasteiger partial charge in [0, 0.05) is 11.6 Å². The first-order valence-corrected chi connectivity index (χ1v) is 9.25. The maximum atomic E-state index is 12.6. The molecule has 1 aromatic heterocycles. The zero-order chi connectivity index (χ0) is 18.0. The summed E-state index contributed by atoms with van der Waals surface area (Å²) in [5, 5.41) is 0. The number of unbranched alkanes of at least 4 members (excludes halogenated alkanes) is 1. The van der Waals surface area contributed by atoms with Gasteiger partial charge in [0.25, 0.3) is 0 Å². The number of aromatic nitrogens is 1. The zero-order valence-electron chi connectivity index (χ0n) is 14.9. The van der Waals surface area contributed by atoms with Gasteiger partial charge in [0.1, 0.15) is 4.60 Å². The molecule has 5 nitrogen and oxygen atoms in total. The molecule has 2 N–H and O–H groups in total. The second kappa shape index (κ2) is 7.40. The number of carbonyl (C=O) groups is 1. The Morgan fingerprint density at radius 2 is 2.12 bits per heavy atom. The van der Waals surface area contributed by atoms with Crippen LogP contribution < -0.4 is 5.73 Å². The normalized spacial score (nSPS) is 26.1. The predicted molar refractivity (Wildman–Crippen MR) is 97.8 cm³/mol. The molecule has 0 aromatic carbocycles. The molecule has 1 aliphatic rings. The molecule has 1 fully saturated rings. The minimum atomic E-state index is -0.963. The van der Waals surface area contributed by atoms with Crippen molar-refractivity contribution in [1.82, 2.24) is 4.98 Å². The highest BCUT2D eigenvalue weighted by Crippen LogP contribution is 2.44. The lowest BCUT2D eigenvalue weighted by Gasteiger charge is -2.45. The zero-order valence-corrected chi connectivity index (χ0v) is 16.5. The van der Waals surface area contributed by atoms with Crippen LogP contribution in [0.3, 0.4) is 0 Å². The first-order chi connectivity index (χ1) is 11.2. The van der Waals surface area contributed by atoms with Gasteiger partial charge in [0.05, 0.1) is 17.9 Å². The van der Waals surface area contributed by atoms with Crippen molar-refractivity contribution in [3.63, 3.8) is 0 Å². The molecule has 0 radical (unpaired) electrons. The number of nitrogens with two attached hydrogens (primary N) is 1. The summed E-state index contributed by atoms with van der Waals surface area (Å²) in [5.41, 5.74) is 5.96. The van der Waals surface area contributed by atoms with E-state index in [4.69, 9.17) is 15.2 Å². The summed E-state index contributed by atoms with van der Waals surface area (Å²) >= 11 is 3.38. The molecular weight excluding hydrogens is 372 g/mol. The molecule has 0 saturated carbocycles. The summed E-state index contributed by atoms with van der Waals surface area (Å²) in [6.45, 7) is 8.33. The van der Waals surface area contributed by atoms with E-state index in [-0.39, 0.29) is 11.9 Å². The van der Waals surface area contributed by atoms with Crippen LogP contribution in [0.15, 0.2) is 16.7 Å². The highest BCUT2D eigenvalue weighted by molar-refractivity contribution is 9.10. The van der Waals surface area contributed by atoms with Crippen LogP contribution in [0.4, 0.5) is 5.69 Å². The van der Waals surface area contributed by atoms with E-state index in [1.807, 2.05) is 32.9 Å². The van der Waals surface area contributed by atoms with Crippen molar-refractivity contribution in [2.24, 2.45) is 0 Å². The van der Waals surface area contributed by atoms with Crippen LogP contribution >= 0.6 is 15.9 Å². The minimum absolute atomic E-state index is 0.106. The van der Waals surface area contributed by atoms with E-state index in [0.717, 1.165) is 25.0 Å². The van der Waals surface area contributed by atoms with E-state index in [2.05, 4.69) is 27.8 Å². The van der Waals surface area contributed by atoms with E-state index in [1.54, 1.807) is 0 Å². The number of nitrogens with zero attached hydrogens (tertiary/aromatic N) is 1. The fourth-order valence-corrected chi connectivity index (χ4v) is 3.65. The van der Waals surface area contributed by atoms with Gasteiger partial charge in [0.2, 0.25) is 0 Å². The van der Waals surface area contributed by atoms with Gasteiger partial charge in [-0.1, -0.05) is 13.3 Å². The smallest absolute Gasteiger partial charge is 0.338 e. The number of hydrogen-bond donors (Lipinski definition) is 1. The van der Waals surface area contributed by atoms with Crippen molar-refractivity contribution >= 4 is 27.6 Å². The molecule has 2 heterocycles. The lowest BCUT2D eigenvalue weighted by atomic mass is 9.78. The molecule has 24 heavy (non-hydrogen) atoms. The van der Waals surface area contributed by atoms with Crippen molar-refractivity contribution in [1.29, 1.82) is 0 Å². The van der Waals surface area contributed by atoms with Crippen LogP contribution in [0.2, 0.25) is 0 Å². The summed E-state index contributed by atoms with van der Waals surface area (Å²) in [6.07, 6.45) is 3.18. The number of nitrogen functional groups attached to an aromatic ring is 1. The number of hydrogen-bond acceptors (Lipinski definition) is 5. The summed E-state index contributed by atoms with van der Waals surface area (Å²) in [7, 11) is 0. The average Bonchev–Trinajstić information content (AvgIpc) is 2.48. The fraction of sp³-hybridized carbons (Fsp3) is 0.667. The van der Waals surface area contributed by atoms with Crippen LogP contribution in [0.1, 0.15) is 65.0 Å². The molecule has 1 saturated heterocycles. The molecule has 1 aliphatic heterocycles. The van der Waals surface area contributed by atoms with Crippen molar-refractivity contribution in [3.8, 4) is 0 Å². The summed E-state index contributed by atoms with van der Waals surface area (Å²) in [4.78, 5) is 17.1. The number of pyridine rings is 1. The Balaban J connectivity index is 2.22. The van der Waals surface area contributed by atoms with E-state index < -0.39 is 11.2 Å². The predicted octanol–water partition coefficient (Wildman–Crippen LogP) is 4.20. The molecule has 2 rings (SSSR count). The van der Waals surface area contributed by atoms with Gasteiger partial charge in [-0.05, 0) is 68.1 Å². The standard InChI is InChI=1S/C18H27BrN2O3/c1-5-6-9-23-16(22)18(4)11-12(10-17(2,3)24-18)14-8-7-13(20)15(19)21-14/h7-8,12H,5-6,9-11,20H2,1-4H3. The van der Waals surface area contributed by atoms with Gasteiger partial charge in [-0.25, -0.2) is 9.78 Å². The van der Waals surface area contributed by atoms with Crippen LogP contribution in [0.5, 0.6) is 0 Å². The van der Waals surface area contributed by atoms with Crippen molar-refractivity contribution < 1.29 is 14.3 Å². The largest absolute Gasteiger partial charge is 0.464 e. The van der Waals surface area contributed by atoms with Crippen LogP contribution in [-0.4, -0.2) is 28.8 Å². The van der Waals surface area contributed by atoms with Gasteiger partial charge in [0.15, 0.2) is 5.60 Å². The summed E-state index contributed by atoms with van der Waals surface area (Å²) in [5.74, 6) is -0.183. The maximum absolute atomic E-state index is 12.6. The third-order valence-electron chi connectivity index (χ3n) is 4.36. The van der Waals surface area contributed by atoms with Crippen molar-refractivity contribution in [2.75, 3.05) is 12.3 Å². The Labute approximate surface area is 152 Å². The monoisotopic (exact) mass is 398 g/mol. The number of carbonyl (C=O) groups excluding carboxylic acids is 1. The van der Waals surface area contributed by atoms with Crippen molar-refractivity contribution in [3.05, 3.63) is 22.4 Å². The second-order valence-corrected chi connectivity index (χ2v) is 8.05. The second-order valence-electron chi connectivity index (χ2n) is 7.30. The molecular formula is C18H27BrN2O3. The highest BCUT2D eigenvalue weighted by Gasteiger charge is 2.48. The first kappa shape index (κ1) is 19.2. The Bertz CT molecular complexity index is 606. The Hall–Kier alpha value is -1.14. The van der Waals surface area contributed by atoms with E-state index in [0.29, 0.717) is 23.3 Å². The molecule has 0 spiro atoms. The third kappa shape index (κ3) is 4.48. The van der Waals surface area contributed by atoms with Gasteiger partial charge < -0.3 is 15.2 Å². The highest BCUT2D eigenvalue weighted by atomic mass is 79.9. The molecule has 1 aromatic rings. The maximum Gasteiger partial charge on any atom is 0.338 e. The molecule has 6 heteroatoms. The number of ether oxygens (including phenoxy) is 2. The Kier molecular flexibility index (Phi) is 5.91. The lowest BCUT2D eigenvalue weighted by Crippen LogP contribution is -2.52. The number of rotatable bonds is 5. The Morgan fingerprint density at radius 3 is 2.75 bits per heavy atom. The molecule has 134 valence electrons. The van der Waals surface area contributed by atoms with Crippen LogP contribution in [0, 0.1) is 0 Å². The molecule has 2 atom stereocenters. The van der Waals surface area contributed by atoms with Gasteiger partial charge in [-0.3, -0.25) is 0 Å². The number of esters is 1. The molecule has 0 aliphatic carbocycles. The number of halogens is 1. The summed E-state index contributed by atoms with van der Waals surface area (Å²) < 4.78 is 12.2. The third-order valence-corrected chi connectivity index (χ3v) is 4.99. The van der Waals surface area contributed by atoms with E-state index in [1.165, 1.54) is 0 Å². The van der Waals surface area contributed by atoms with Crippen LogP contribution in [-0.2, 0) is 14.3 Å². The number of anilines is 1. The van der Waals surface area contributed by atoms with Gasteiger partial charge in [-0.2, -0.15) is 0 Å². The first-order valence-electron chi connectivity index (χ1n) is 8.46. The van der Waals surface area contributed by atoms with Crippen LogP contribution in [0.25, 0.3) is 0 Å². The quantitative estimate of drug-likeness (QED) is 0.456. The van der Waals surface area contributed by atoms with E-state index >= 15 is 0 Å². The van der Waals surface area contributed by atoms with Gasteiger partial charge in [-0.15, -0.1) is 0 Å². The minimum Gasteiger partial charge on any atom is -0.464 e. The lowest BCUT2D eigenvalue weighted by molar-refractivity contribution is -0.205.